The van der Waals surface area contributed by atoms with Gasteiger partial charge in [-0.15, -0.1) is 0 Å². The molecule has 1 aromatic carbocycles. The number of nitrogens with one attached hydrogen (secondary N) is 2. The van der Waals surface area contributed by atoms with Gasteiger partial charge in [0.15, 0.2) is 5.96 Å². The molecule has 6 nitrogen and oxygen atoms in total. The molecule has 0 aromatic heterocycles. The zero-order chi connectivity index (χ0) is 18.5. The van der Waals surface area contributed by atoms with Crippen LogP contribution in [0.25, 0.3) is 0 Å². The topological polar surface area (TPSA) is 64.1 Å². The van der Waals surface area contributed by atoms with Crippen LogP contribution in [0.15, 0.2) is 23.2 Å². The number of methoxy groups -OCH3 is 1. The van der Waals surface area contributed by atoms with Crippen LogP contribution in [-0.2, 0) is 16.0 Å². The van der Waals surface area contributed by atoms with Crippen LogP contribution < -0.4 is 15.4 Å². The molecule has 0 aliphatic carbocycles. The van der Waals surface area contributed by atoms with Crippen LogP contribution in [0.4, 0.5) is 8.78 Å². The smallest absolute Gasteiger partial charge is 0.387 e. The van der Waals surface area contributed by atoms with Crippen LogP contribution in [-0.4, -0.2) is 53.1 Å². The lowest BCUT2D eigenvalue weighted by Gasteiger charge is -2.15. The van der Waals surface area contributed by atoms with Crippen molar-refractivity contribution in [3.63, 3.8) is 0 Å². The number of rotatable bonds is 11. The molecule has 0 spiro atoms. The molecule has 0 radical (unpaired) electrons. The van der Waals surface area contributed by atoms with Crippen molar-refractivity contribution >= 4 is 5.96 Å². The monoisotopic (exact) mass is 359 g/mol. The summed E-state index contributed by atoms with van der Waals surface area (Å²) in [5.74, 6) is 0.747. The van der Waals surface area contributed by atoms with Crippen molar-refractivity contribution in [2.45, 2.75) is 26.5 Å². The lowest BCUT2D eigenvalue weighted by molar-refractivity contribution is -0.0504. The number of guanidine groups is 1. The van der Waals surface area contributed by atoms with Gasteiger partial charge in [0.25, 0.3) is 0 Å². The number of hydrogen-bond acceptors (Lipinski definition) is 4. The van der Waals surface area contributed by atoms with E-state index < -0.39 is 6.61 Å². The SMILES string of the molecule is CN=C(NCCCOCCOC)NCc1cc(C)ccc1OC(F)F. The number of aliphatic imine (C=N–C) groups is 1. The fourth-order valence-electron chi connectivity index (χ4n) is 2.08. The van der Waals surface area contributed by atoms with E-state index in [1.807, 2.05) is 13.0 Å². The Kier molecular flexibility index (Phi) is 10.5. The number of hydrogen-bond donors (Lipinski definition) is 2. The molecule has 142 valence electrons. The lowest BCUT2D eigenvalue weighted by Crippen LogP contribution is -2.37. The van der Waals surface area contributed by atoms with Gasteiger partial charge in [0.1, 0.15) is 5.75 Å². The fraction of sp³-hybridized carbons (Fsp3) is 0.588. The predicted octanol–water partition coefficient (Wildman–Crippen LogP) is 2.31. The number of ether oxygens (including phenoxy) is 3. The van der Waals surface area contributed by atoms with Crippen LogP contribution in [0.3, 0.4) is 0 Å². The molecule has 0 fully saturated rings. The number of alkyl halides is 2. The van der Waals surface area contributed by atoms with E-state index in [-0.39, 0.29) is 5.75 Å². The zero-order valence-corrected chi connectivity index (χ0v) is 15.0. The van der Waals surface area contributed by atoms with Gasteiger partial charge in [-0.1, -0.05) is 17.7 Å². The average Bonchev–Trinajstić information content (AvgIpc) is 2.58. The first kappa shape index (κ1) is 21.1. The Morgan fingerprint density at radius 3 is 2.68 bits per heavy atom. The molecule has 8 heteroatoms. The second-order valence-electron chi connectivity index (χ2n) is 5.30. The third kappa shape index (κ3) is 9.21. The quantitative estimate of drug-likeness (QED) is 0.361. The normalized spacial score (nSPS) is 11.7. The van der Waals surface area contributed by atoms with Crippen molar-refractivity contribution < 1.29 is 23.0 Å². The van der Waals surface area contributed by atoms with Crippen molar-refractivity contribution in [1.82, 2.24) is 10.6 Å². The first-order valence-corrected chi connectivity index (χ1v) is 8.12. The van der Waals surface area contributed by atoms with E-state index in [4.69, 9.17) is 9.47 Å². The minimum atomic E-state index is -2.85. The number of halogens is 2. The minimum Gasteiger partial charge on any atom is -0.434 e. The summed E-state index contributed by atoms with van der Waals surface area (Å²) in [7, 11) is 3.28. The van der Waals surface area contributed by atoms with Crippen molar-refractivity contribution in [3.05, 3.63) is 29.3 Å². The predicted molar refractivity (Wildman–Crippen MR) is 93.3 cm³/mol. The van der Waals surface area contributed by atoms with Gasteiger partial charge in [0.05, 0.1) is 13.2 Å². The molecule has 0 heterocycles. The van der Waals surface area contributed by atoms with Gasteiger partial charge < -0.3 is 24.8 Å². The Bertz CT molecular complexity index is 528. The minimum absolute atomic E-state index is 0.162. The Hall–Kier alpha value is -1.93. The van der Waals surface area contributed by atoms with E-state index in [9.17, 15) is 8.78 Å². The first-order valence-electron chi connectivity index (χ1n) is 8.12. The Morgan fingerprint density at radius 2 is 2.00 bits per heavy atom. The lowest BCUT2D eigenvalue weighted by atomic mass is 10.1. The van der Waals surface area contributed by atoms with Gasteiger partial charge in [-0.25, -0.2) is 0 Å². The largest absolute Gasteiger partial charge is 0.434 e. The van der Waals surface area contributed by atoms with Crippen LogP contribution in [0.1, 0.15) is 17.5 Å². The summed E-state index contributed by atoms with van der Waals surface area (Å²) in [6.07, 6.45) is 0.814. The van der Waals surface area contributed by atoms with Crippen LogP contribution in [0.5, 0.6) is 5.75 Å². The second kappa shape index (κ2) is 12.4. The molecule has 0 aliphatic heterocycles. The molecule has 2 N–H and O–H groups in total. The van der Waals surface area contributed by atoms with Crippen molar-refractivity contribution in [2.24, 2.45) is 4.99 Å². The molecule has 0 atom stereocenters. The van der Waals surface area contributed by atoms with E-state index in [0.717, 1.165) is 12.0 Å². The summed E-state index contributed by atoms with van der Waals surface area (Å²) in [4.78, 5) is 4.11. The summed E-state index contributed by atoms with van der Waals surface area (Å²) in [6.45, 7) is 1.83. The van der Waals surface area contributed by atoms with Gasteiger partial charge in [-0.3, -0.25) is 4.99 Å². The average molecular weight is 359 g/mol. The van der Waals surface area contributed by atoms with Crippen LogP contribution in [0.2, 0.25) is 0 Å². The Morgan fingerprint density at radius 1 is 1.20 bits per heavy atom. The molecule has 1 aromatic rings. The molecular weight excluding hydrogens is 332 g/mol. The van der Waals surface area contributed by atoms with Gasteiger partial charge in [0.2, 0.25) is 0 Å². The molecule has 25 heavy (non-hydrogen) atoms. The fourth-order valence-corrected chi connectivity index (χ4v) is 2.08. The van der Waals surface area contributed by atoms with Gasteiger partial charge >= 0.3 is 6.61 Å². The molecule has 0 bridgehead atoms. The molecule has 0 saturated heterocycles. The summed E-state index contributed by atoms with van der Waals surface area (Å²) in [5, 5.41) is 6.24. The van der Waals surface area contributed by atoms with Gasteiger partial charge in [-0.05, 0) is 19.4 Å². The van der Waals surface area contributed by atoms with Crippen molar-refractivity contribution in [1.29, 1.82) is 0 Å². The molecule has 0 amide bonds. The maximum absolute atomic E-state index is 12.5. The number of benzene rings is 1. The second-order valence-corrected chi connectivity index (χ2v) is 5.30. The number of aryl methyl sites for hydroxylation is 1. The summed E-state index contributed by atoms with van der Waals surface area (Å²) < 4.78 is 39.8. The standard InChI is InChI=1S/C17H27F2N3O3/c1-13-5-6-15(25-16(18)19)14(11-13)12-22-17(20-2)21-7-4-8-24-10-9-23-3/h5-6,11,16H,4,7-10,12H2,1-3H3,(H2,20,21,22). The Balaban J connectivity index is 2.40. The third-order valence-electron chi connectivity index (χ3n) is 3.29. The maximum Gasteiger partial charge on any atom is 0.387 e. The summed E-state index contributed by atoms with van der Waals surface area (Å²) in [5.41, 5.74) is 1.61. The van der Waals surface area contributed by atoms with E-state index >= 15 is 0 Å². The van der Waals surface area contributed by atoms with Crippen molar-refractivity contribution in [2.75, 3.05) is 40.5 Å². The van der Waals surface area contributed by atoms with E-state index in [2.05, 4.69) is 20.4 Å². The van der Waals surface area contributed by atoms with E-state index in [1.54, 1.807) is 26.3 Å². The zero-order valence-electron chi connectivity index (χ0n) is 15.0. The van der Waals surface area contributed by atoms with E-state index in [1.165, 1.54) is 0 Å². The number of nitrogens with zero attached hydrogens (tertiary/aromatic N) is 1. The highest BCUT2D eigenvalue weighted by molar-refractivity contribution is 5.79. The highest BCUT2D eigenvalue weighted by Crippen LogP contribution is 2.21. The molecule has 1 rings (SSSR count). The highest BCUT2D eigenvalue weighted by atomic mass is 19.3. The molecule has 0 saturated carbocycles. The van der Waals surface area contributed by atoms with Crippen LogP contribution in [0, 0.1) is 6.92 Å². The first-order chi connectivity index (χ1) is 12.1. The highest BCUT2D eigenvalue weighted by Gasteiger charge is 2.10. The van der Waals surface area contributed by atoms with Crippen LogP contribution >= 0.6 is 0 Å². The third-order valence-corrected chi connectivity index (χ3v) is 3.29. The summed E-state index contributed by atoms with van der Waals surface area (Å²) >= 11 is 0. The summed E-state index contributed by atoms with van der Waals surface area (Å²) in [6, 6.07) is 5.09. The molecular formula is C17H27F2N3O3. The van der Waals surface area contributed by atoms with E-state index in [0.29, 0.717) is 44.4 Å². The molecule has 0 aliphatic rings. The van der Waals surface area contributed by atoms with Gasteiger partial charge in [-0.2, -0.15) is 8.78 Å². The maximum atomic E-state index is 12.5. The van der Waals surface area contributed by atoms with Crippen molar-refractivity contribution in [3.8, 4) is 5.75 Å². The molecule has 0 unspecified atom stereocenters. The Labute approximate surface area is 147 Å². The van der Waals surface area contributed by atoms with Gasteiger partial charge in [0, 0.05) is 39.4 Å².